The summed E-state index contributed by atoms with van der Waals surface area (Å²) in [5.74, 6) is -1.82. The summed E-state index contributed by atoms with van der Waals surface area (Å²) in [6.45, 7) is 0. The second kappa shape index (κ2) is 8.62. The lowest BCUT2D eigenvalue weighted by molar-refractivity contribution is -0.381. The molecule has 168 valence electrons. The molecular formula is C25H20N5O4+. The summed E-state index contributed by atoms with van der Waals surface area (Å²) >= 11 is 0. The number of oxazole rings is 1. The minimum absolute atomic E-state index is 0.0966. The highest BCUT2D eigenvalue weighted by atomic mass is 16.4. The number of hydrogen-bond donors (Lipinski definition) is 3. The molecule has 34 heavy (non-hydrogen) atoms. The number of guanidine groups is 1. The summed E-state index contributed by atoms with van der Waals surface area (Å²) in [6, 6.07) is 21.7. The SMILES string of the molecule is NC(NC(=O)[C@H](Cc1ccccc1)N1C(=O)c2ccccc2C1=O)=[NH+]c1nc2ccccc2o1. The Balaban J connectivity index is 1.43. The average Bonchev–Trinajstić information content (AvgIpc) is 3.36. The Kier molecular flexibility index (Phi) is 5.35. The van der Waals surface area contributed by atoms with Crippen molar-refractivity contribution in [3.05, 3.63) is 95.6 Å². The molecule has 5 rings (SSSR count). The third-order valence-electron chi connectivity index (χ3n) is 5.51. The van der Waals surface area contributed by atoms with Crippen molar-refractivity contribution in [2.75, 3.05) is 0 Å². The van der Waals surface area contributed by atoms with Gasteiger partial charge in [-0.1, -0.05) is 59.6 Å². The molecule has 4 aromatic rings. The Morgan fingerprint density at radius 3 is 2.24 bits per heavy atom. The maximum Gasteiger partial charge on any atom is 0.406 e. The topological polar surface area (TPSA) is 132 Å². The Labute approximate surface area is 193 Å². The number of rotatable bonds is 5. The van der Waals surface area contributed by atoms with E-state index in [1.54, 1.807) is 36.4 Å². The Bertz CT molecular complexity index is 1380. The lowest BCUT2D eigenvalue weighted by Crippen LogP contribution is -2.75. The van der Waals surface area contributed by atoms with Crippen LogP contribution in [-0.4, -0.2) is 39.6 Å². The molecular weight excluding hydrogens is 434 g/mol. The van der Waals surface area contributed by atoms with Crippen LogP contribution in [0.25, 0.3) is 11.1 Å². The number of carbonyl (C=O) groups is 3. The fourth-order valence-corrected chi connectivity index (χ4v) is 3.92. The molecule has 4 N–H and O–H groups in total. The minimum atomic E-state index is -1.13. The monoisotopic (exact) mass is 454 g/mol. The highest BCUT2D eigenvalue weighted by molar-refractivity contribution is 6.23. The van der Waals surface area contributed by atoms with Gasteiger partial charge in [-0.05, 0) is 29.8 Å². The number of nitrogens with two attached hydrogens (primary N) is 1. The summed E-state index contributed by atoms with van der Waals surface area (Å²) in [4.78, 5) is 47.4. The van der Waals surface area contributed by atoms with E-state index in [2.05, 4.69) is 15.3 Å². The van der Waals surface area contributed by atoms with E-state index >= 15 is 0 Å². The van der Waals surface area contributed by atoms with Crippen LogP contribution in [0.15, 0.2) is 83.3 Å². The van der Waals surface area contributed by atoms with E-state index in [4.69, 9.17) is 10.2 Å². The van der Waals surface area contributed by atoms with E-state index in [9.17, 15) is 14.4 Å². The second-order valence-corrected chi connectivity index (χ2v) is 7.75. The van der Waals surface area contributed by atoms with Gasteiger partial charge in [0.2, 0.25) is 0 Å². The molecule has 0 saturated heterocycles. The Hall–Kier alpha value is -4.79. The second-order valence-electron chi connectivity index (χ2n) is 7.75. The molecule has 0 spiro atoms. The van der Waals surface area contributed by atoms with Crippen LogP contribution in [-0.2, 0) is 11.2 Å². The van der Waals surface area contributed by atoms with Crippen LogP contribution in [0.4, 0.5) is 6.01 Å². The van der Waals surface area contributed by atoms with Crippen LogP contribution < -0.4 is 16.0 Å². The van der Waals surface area contributed by atoms with Crippen molar-refractivity contribution < 1.29 is 23.8 Å². The molecule has 0 aliphatic carbocycles. The number of para-hydroxylation sites is 2. The fourth-order valence-electron chi connectivity index (χ4n) is 3.92. The summed E-state index contributed by atoms with van der Waals surface area (Å²) in [5, 5.41) is 2.54. The molecule has 0 bridgehead atoms. The summed E-state index contributed by atoms with van der Waals surface area (Å²) in [6.07, 6.45) is 0.119. The summed E-state index contributed by atoms with van der Waals surface area (Å²) in [5.41, 5.74) is 8.48. The number of amides is 3. The van der Waals surface area contributed by atoms with Gasteiger partial charge in [-0.3, -0.25) is 19.3 Å². The zero-order valence-electron chi connectivity index (χ0n) is 17.9. The van der Waals surface area contributed by atoms with Gasteiger partial charge >= 0.3 is 12.0 Å². The zero-order chi connectivity index (χ0) is 23.7. The number of imide groups is 1. The highest BCUT2D eigenvalue weighted by Crippen LogP contribution is 2.26. The van der Waals surface area contributed by atoms with Crippen molar-refractivity contribution in [1.82, 2.24) is 15.2 Å². The third-order valence-corrected chi connectivity index (χ3v) is 5.51. The molecule has 9 nitrogen and oxygen atoms in total. The third kappa shape index (κ3) is 3.90. The number of fused-ring (bicyclic) bond motifs is 2. The number of hydrogen-bond acceptors (Lipinski definition) is 5. The lowest BCUT2D eigenvalue weighted by atomic mass is 10.0. The van der Waals surface area contributed by atoms with Crippen LogP contribution in [0, 0.1) is 0 Å². The van der Waals surface area contributed by atoms with Crippen molar-refractivity contribution >= 4 is 40.8 Å². The number of benzene rings is 3. The van der Waals surface area contributed by atoms with Crippen molar-refractivity contribution in [1.29, 1.82) is 0 Å². The Morgan fingerprint density at radius 2 is 1.56 bits per heavy atom. The van der Waals surface area contributed by atoms with Gasteiger partial charge in [-0.25, -0.2) is 10.3 Å². The number of nitrogens with one attached hydrogen (secondary N) is 2. The molecule has 3 aromatic carbocycles. The van der Waals surface area contributed by atoms with Gasteiger partial charge in [0, 0.05) is 6.42 Å². The Morgan fingerprint density at radius 1 is 0.941 bits per heavy atom. The number of carbonyl (C=O) groups excluding carboxylic acids is 3. The predicted molar refractivity (Wildman–Crippen MR) is 123 cm³/mol. The average molecular weight is 454 g/mol. The highest BCUT2D eigenvalue weighted by Gasteiger charge is 2.43. The first kappa shape index (κ1) is 21.1. The smallest absolute Gasteiger partial charge is 0.404 e. The van der Waals surface area contributed by atoms with E-state index in [1.807, 2.05) is 42.5 Å². The van der Waals surface area contributed by atoms with Gasteiger partial charge in [0.05, 0.1) is 11.1 Å². The van der Waals surface area contributed by atoms with E-state index < -0.39 is 23.8 Å². The summed E-state index contributed by atoms with van der Waals surface area (Å²) < 4.78 is 5.56. The predicted octanol–water partition coefficient (Wildman–Crippen LogP) is 0.878. The lowest BCUT2D eigenvalue weighted by Gasteiger charge is -2.24. The largest absolute Gasteiger partial charge is 0.406 e. The van der Waals surface area contributed by atoms with Gasteiger partial charge < -0.3 is 10.2 Å². The van der Waals surface area contributed by atoms with Crippen molar-refractivity contribution in [2.45, 2.75) is 12.5 Å². The zero-order valence-corrected chi connectivity index (χ0v) is 17.9. The van der Waals surface area contributed by atoms with Crippen molar-refractivity contribution in [3.63, 3.8) is 0 Å². The van der Waals surface area contributed by atoms with Crippen LogP contribution in [0.5, 0.6) is 0 Å². The van der Waals surface area contributed by atoms with E-state index in [0.29, 0.717) is 11.1 Å². The van der Waals surface area contributed by atoms with Gasteiger partial charge in [0.25, 0.3) is 17.7 Å². The normalized spacial score (nSPS) is 14.4. The van der Waals surface area contributed by atoms with E-state index in [0.717, 1.165) is 10.5 Å². The van der Waals surface area contributed by atoms with Crippen LogP contribution in [0.1, 0.15) is 26.3 Å². The van der Waals surface area contributed by atoms with Gasteiger partial charge in [-0.15, -0.1) is 0 Å². The van der Waals surface area contributed by atoms with Crippen LogP contribution in [0.3, 0.4) is 0 Å². The fraction of sp³-hybridized carbons (Fsp3) is 0.0800. The van der Waals surface area contributed by atoms with Crippen molar-refractivity contribution in [3.8, 4) is 0 Å². The molecule has 2 heterocycles. The molecule has 0 unspecified atom stereocenters. The molecule has 0 saturated carbocycles. The minimum Gasteiger partial charge on any atom is -0.404 e. The molecule has 1 aliphatic heterocycles. The van der Waals surface area contributed by atoms with E-state index in [1.165, 1.54) is 0 Å². The van der Waals surface area contributed by atoms with Gasteiger partial charge in [-0.2, -0.15) is 0 Å². The first-order valence-electron chi connectivity index (χ1n) is 10.6. The molecule has 1 atom stereocenters. The van der Waals surface area contributed by atoms with Crippen LogP contribution in [0.2, 0.25) is 0 Å². The first-order chi connectivity index (χ1) is 16.5. The quantitative estimate of drug-likeness (QED) is 0.233. The molecule has 9 heteroatoms. The molecule has 0 fully saturated rings. The molecule has 1 aliphatic rings. The molecule has 0 radical (unpaired) electrons. The van der Waals surface area contributed by atoms with E-state index in [-0.39, 0.29) is 29.5 Å². The maximum absolute atomic E-state index is 13.3. The van der Waals surface area contributed by atoms with Crippen molar-refractivity contribution in [2.24, 2.45) is 5.73 Å². The van der Waals surface area contributed by atoms with Gasteiger partial charge in [0.15, 0.2) is 11.1 Å². The standard InChI is InChI=1S/C25H19N5O4/c26-24(29-25-27-18-12-6-7-13-20(18)34-25)28-21(31)19(14-15-8-2-1-3-9-15)30-22(32)16-10-4-5-11-17(16)23(30)33/h1-13,19H,14H2,(H3,26,27,28,29,31)/p+1/t19-/m0/s1. The summed E-state index contributed by atoms with van der Waals surface area (Å²) in [7, 11) is 0. The number of nitrogens with zero attached hydrogens (tertiary/aromatic N) is 2. The molecule has 3 amide bonds. The van der Waals surface area contributed by atoms with Gasteiger partial charge in [0.1, 0.15) is 6.04 Å². The maximum atomic E-state index is 13.3. The first-order valence-corrected chi connectivity index (χ1v) is 10.6. The van der Waals surface area contributed by atoms with Crippen LogP contribution >= 0.6 is 0 Å². The number of aromatic nitrogens is 1. The molecule has 1 aromatic heterocycles.